The van der Waals surface area contributed by atoms with Gasteiger partial charge in [0.15, 0.2) is 12.1 Å². The Balaban J connectivity index is 2.82. The first kappa shape index (κ1) is 8.81. The van der Waals surface area contributed by atoms with Crippen LogP contribution in [0, 0.1) is 13.8 Å². The second-order valence-corrected chi connectivity index (χ2v) is 3.31. The third-order valence-electron chi connectivity index (χ3n) is 2.16. The lowest BCUT2D eigenvalue weighted by Gasteiger charge is -2.02. The minimum absolute atomic E-state index is 0.249. The van der Waals surface area contributed by atoms with Gasteiger partial charge in [0.2, 0.25) is 0 Å². The molecule has 2 aromatic rings. The molecule has 0 saturated heterocycles. The SMILES string of the molecule is Cc1ccc2nc(C=O)nc(C)c2c1. The monoisotopic (exact) mass is 186 g/mol. The standard InChI is InChI=1S/C11H10N2O/c1-7-3-4-10-9(5-7)8(2)12-11(6-14)13-10/h3-6H,1-2H3. The van der Waals surface area contributed by atoms with Crippen molar-refractivity contribution in [1.82, 2.24) is 9.97 Å². The molecule has 0 N–H and O–H groups in total. The first-order valence-electron chi connectivity index (χ1n) is 4.41. The van der Waals surface area contributed by atoms with Crippen LogP contribution in [0.3, 0.4) is 0 Å². The van der Waals surface area contributed by atoms with E-state index in [-0.39, 0.29) is 5.82 Å². The van der Waals surface area contributed by atoms with Gasteiger partial charge in [-0.1, -0.05) is 11.6 Å². The summed E-state index contributed by atoms with van der Waals surface area (Å²) in [5.41, 5.74) is 2.84. The van der Waals surface area contributed by atoms with Crippen molar-refractivity contribution >= 4 is 17.2 Å². The molecule has 0 saturated carbocycles. The lowest BCUT2D eigenvalue weighted by atomic mass is 10.1. The van der Waals surface area contributed by atoms with Crippen LogP contribution in [0.4, 0.5) is 0 Å². The van der Waals surface area contributed by atoms with Crippen LogP contribution < -0.4 is 0 Å². The second kappa shape index (κ2) is 3.18. The predicted molar refractivity (Wildman–Crippen MR) is 54.4 cm³/mol. The highest BCUT2D eigenvalue weighted by Gasteiger charge is 2.03. The first-order chi connectivity index (χ1) is 6.70. The van der Waals surface area contributed by atoms with Gasteiger partial charge in [-0.05, 0) is 26.0 Å². The highest BCUT2D eigenvalue weighted by molar-refractivity contribution is 5.84. The molecular formula is C11H10N2O. The van der Waals surface area contributed by atoms with Crippen LogP contribution >= 0.6 is 0 Å². The fourth-order valence-corrected chi connectivity index (χ4v) is 1.47. The lowest BCUT2D eigenvalue weighted by Crippen LogP contribution is -1.96. The van der Waals surface area contributed by atoms with Crippen molar-refractivity contribution in [3.05, 3.63) is 35.3 Å². The van der Waals surface area contributed by atoms with Gasteiger partial charge in [-0.3, -0.25) is 4.79 Å². The van der Waals surface area contributed by atoms with Crippen molar-refractivity contribution in [3.8, 4) is 0 Å². The summed E-state index contributed by atoms with van der Waals surface area (Å²) < 4.78 is 0. The largest absolute Gasteiger partial charge is 0.294 e. The van der Waals surface area contributed by atoms with E-state index in [4.69, 9.17) is 0 Å². The quantitative estimate of drug-likeness (QED) is 0.640. The summed E-state index contributed by atoms with van der Waals surface area (Å²) in [5, 5.41) is 1.01. The van der Waals surface area contributed by atoms with Crippen LogP contribution in [0.2, 0.25) is 0 Å². The van der Waals surface area contributed by atoms with Crippen LogP contribution in [0.25, 0.3) is 10.9 Å². The van der Waals surface area contributed by atoms with E-state index in [1.54, 1.807) is 0 Å². The maximum Gasteiger partial charge on any atom is 0.193 e. The highest BCUT2D eigenvalue weighted by atomic mass is 16.1. The minimum Gasteiger partial charge on any atom is -0.294 e. The number of carbonyl (C=O) groups excluding carboxylic acids is 1. The molecule has 0 spiro atoms. The van der Waals surface area contributed by atoms with Crippen molar-refractivity contribution in [3.63, 3.8) is 0 Å². The molecule has 1 heterocycles. The van der Waals surface area contributed by atoms with E-state index in [2.05, 4.69) is 9.97 Å². The van der Waals surface area contributed by atoms with Crippen LogP contribution in [0.5, 0.6) is 0 Å². The molecule has 0 unspecified atom stereocenters. The summed E-state index contributed by atoms with van der Waals surface area (Å²) in [6.45, 7) is 3.91. The van der Waals surface area contributed by atoms with E-state index in [1.165, 1.54) is 5.56 Å². The third-order valence-corrected chi connectivity index (χ3v) is 2.16. The summed E-state index contributed by atoms with van der Waals surface area (Å²) in [5.74, 6) is 0.249. The number of hydrogen-bond acceptors (Lipinski definition) is 3. The summed E-state index contributed by atoms with van der Waals surface area (Å²) in [6, 6.07) is 5.91. The molecule has 0 radical (unpaired) electrons. The third kappa shape index (κ3) is 1.37. The summed E-state index contributed by atoms with van der Waals surface area (Å²) in [6.07, 6.45) is 0.673. The Bertz CT molecular complexity index is 506. The highest BCUT2D eigenvalue weighted by Crippen LogP contribution is 2.16. The summed E-state index contributed by atoms with van der Waals surface area (Å²) in [7, 11) is 0. The lowest BCUT2D eigenvalue weighted by molar-refractivity contribution is 0.111. The molecule has 0 fully saturated rings. The normalized spacial score (nSPS) is 10.4. The zero-order chi connectivity index (χ0) is 10.1. The molecule has 3 nitrogen and oxygen atoms in total. The van der Waals surface area contributed by atoms with Crippen molar-refractivity contribution < 1.29 is 4.79 Å². The number of benzene rings is 1. The van der Waals surface area contributed by atoms with Gasteiger partial charge in [0.1, 0.15) is 0 Å². The van der Waals surface area contributed by atoms with E-state index in [0.29, 0.717) is 6.29 Å². The molecular weight excluding hydrogens is 176 g/mol. The molecule has 0 amide bonds. The number of carbonyl (C=O) groups is 1. The van der Waals surface area contributed by atoms with Crippen LogP contribution in [0.15, 0.2) is 18.2 Å². The average molecular weight is 186 g/mol. The maximum absolute atomic E-state index is 10.5. The Kier molecular flexibility index (Phi) is 2.00. The average Bonchev–Trinajstić information content (AvgIpc) is 2.19. The number of nitrogens with zero attached hydrogens (tertiary/aromatic N) is 2. The van der Waals surface area contributed by atoms with E-state index in [1.807, 2.05) is 32.0 Å². The van der Waals surface area contributed by atoms with Gasteiger partial charge in [-0.2, -0.15) is 0 Å². The van der Waals surface area contributed by atoms with Gasteiger partial charge in [-0.15, -0.1) is 0 Å². The molecule has 0 aliphatic rings. The minimum atomic E-state index is 0.249. The molecule has 0 aliphatic heterocycles. The van der Waals surface area contributed by atoms with Crippen molar-refractivity contribution in [1.29, 1.82) is 0 Å². The number of aryl methyl sites for hydroxylation is 2. The van der Waals surface area contributed by atoms with E-state index in [9.17, 15) is 4.79 Å². The molecule has 70 valence electrons. The number of aldehydes is 1. The van der Waals surface area contributed by atoms with Crippen LogP contribution in [0.1, 0.15) is 21.9 Å². The summed E-state index contributed by atoms with van der Waals surface area (Å²) in [4.78, 5) is 18.7. The Morgan fingerprint density at radius 3 is 2.71 bits per heavy atom. The Labute approximate surface area is 81.8 Å². The molecule has 3 heteroatoms. The number of fused-ring (bicyclic) bond motifs is 1. The Hall–Kier alpha value is -1.77. The van der Waals surface area contributed by atoms with Crippen molar-refractivity contribution in [2.75, 3.05) is 0 Å². The first-order valence-corrected chi connectivity index (χ1v) is 4.41. The zero-order valence-corrected chi connectivity index (χ0v) is 8.11. The van der Waals surface area contributed by atoms with Gasteiger partial charge < -0.3 is 0 Å². The molecule has 0 atom stereocenters. The van der Waals surface area contributed by atoms with Gasteiger partial charge >= 0.3 is 0 Å². The zero-order valence-electron chi connectivity index (χ0n) is 8.11. The fraction of sp³-hybridized carbons (Fsp3) is 0.182. The Morgan fingerprint density at radius 2 is 2.00 bits per heavy atom. The van der Waals surface area contributed by atoms with Crippen LogP contribution in [-0.4, -0.2) is 16.3 Å². The van der Waals surface area contributed by atoms with E-state index in [0.717, 1.165) is 16.6 Å². The molecule has 1 aromatic carbocycles. The molecule has 0 bridgehead atoms. The Morgan fingerprint density at radius 1 is 1.21 bits per heavy atom. The van der Waals surface area contributed by atoms with Gasteiger partial charge in [-0.25, -0.2) is 9.97 Å². The van der Waals surface area contributed by atoms with Gasteiger partial charge in [0.25, 0.3) is 0 Å². The number of rotatable bonds is 1. The molecule has 1 aromatic heterocycles. The van der Waals surface area contributed by atoms with E-state index >= 15 is 0 Å². The van der Waals surface area contributed by atoms with Gasteiger partial charge in [0.05, 0.1) is 5.52 Å². The van der Waals surface area contributed by atoms with E-state index < -0.39 is 0 Å². The molecule has 14 heavy (non-hydrogen) atoms. The fourth-order valence-electron chi connectivity index (χ4n) is 1.47. The van der Waals surface area contributed by atoms with Crippen LogP contribution in [-0.2, 0) is 0 Å². The number of aromatic nitrogens is 2. The molecule has 2 rings (SSSR count). The maximum atomic E-state index is 10.5. The summed E-state index contributed by atoms with van der Waals surface area (Å²) >= 11 is 0. The van der Waals surface area contributed by atoms with Gasteiger partial charge in [0, 0.05) is 11.1 Å². The smallest absolute Gasteiger partial charge is 0.193 e. The van der Waals surface area contributed by atoms with Crippen molar-refractivity contribution in [2.45, 2.75) is 13.8 Å². The number of hydrogen-bond donors (Lipinski definition) is 0. The second-order valence-electron chi connectivity index (χ2n) is 3.31. The molecule has 0 aliphatic carbocycles. The predicted octanol–water partition coefficient (Wildman–Crippen LogP) is 2.06. The topological polar surface area (TPSA) is 42.9 Å². The van der Waals surface area contributed by atoms with Crippen molar-refractivity contribution in [2.24, 2.45) is 0 Å².